The largest absolute Gasteiger partial charge is 0.515 e. The lowest BCUT2D eigenvalue weighted by Gasteiger charge is -2.48. The number of hydrogen-bond donors (Lipinski definition) is 3. The Morgan fingerprint density at radius 3 is 2.54 bits per heavy atom. The number of Topliss-reactive ketones (excluding diaryl/α,β-unsaturated/α-hetero) is 3. The van der Waals surface area contributed by atoms with E-state index in [-0.39, 0.29) is 17.8 Å². The molecule has 4 rings (SSSR count). The van der Waals surface area contributed by atoms with Gasteiger partial charge in [0.1, 0.15) is 12.2 Å². The molecule has 1 fully saturated rings. The molecule has 0 unspecified atom stereocenters. The summed E-state index contributed by atoms with van der Waals surface area (Å²) < 4.78 is 5.10. The Bertz CT molecular complexity index is 915. The monoisotopic (exact) mass is 358 g/mol. The van der Waals surface area contributed by atoms with Gasteiger partial charge in [-0.25, -0.2) is 0 Å². The smallest absolute Gasteiger partial charge is 0.200 e. The number of benzene rings is 1. The minimum absolute atomic E-state index is 0.0908. The van der Waals surface area contributed by atoms with Crippen molar-refractivity contribution < 1.29 is 34.4 Å². The molecule has 0 amide bonds. The quantitative estimate of drug-likeness (QED) is 0.491. The van der Waals surface area contributed by atoms with Crippen LogP contribution in [0.3, 0.4) is 0 Å². The molecule has 0 aliphatic heterocycles. The first-order valence-corrected chi connectivity index (χ1v) is 8.31. The van der Waals surface area contributed by atoms with Gasteiger partial charge in [-0.1, -0.05) is 12.1 Å². The van der Waals surface area contributed by atoms with Crippen LogP contribution in [0, 0.1) is 0 Å². The molecule has 7 nitrogen and oxygen atoms in total. The summed E-state index contributed by atoms with van der Waals surface area (Å²) in [6.45, 7) is 1.46. The summed E-state index contributed by atoms with van der Waals surface area (Å²) in [7, 11) is 1.23. The molecule has 1 saturated carbocycles. The topological polar surface area (TPSA) is 121 Å². The maximum atomic E-state index is 13.3. The predicted molar refractivity (Wildman–Crippen MR) is 88.2 cm³/mol. The maximum absolute atomic E-state index is 13.3. The van der Waals surface area contributed by atoms with Gasteiger partial charge in [0.15, 0.2) is 17.2 Å². The summed E-state index contributed by atoms with van der Waals surface area (Å²) in [5.41, 5.74) is -3.12. The Labute approximate surface area is 148 Å². The van der Waals surface area contributed by atoms with Crippen LogP contribution in [-0.2, 0) is 21.4 Å². The average Bonchev–Trinajstić information content (AvgIpc) is 3.07. The zero-order valence-electron chi connectivity index (χ0n) is 14.3. The third kappa shape index (κ3) is 1.57. The number of aliphatic hydroxyl groups is 3. The number of ketones is 3. The molecule has 26 heavy (non-hydrogen) atoms. The van der Waals surface area contributed by atoms with Crippen molar-refractivity contribution in [3.05, 3.63) is 46.2 Å². The van der Waals surface area contributed by atoms with E-state index >= 15 is 0 Å². The van der Waals surface area contributed by atoms with Crippen molar-refractivity contribution in [2.75, 3.05) is 7.11 Å². The number of carbonyl (C=O) groups excluding carboxylic acids is 3. The molecule has 136 valence electrons. The Morgan fingerprint density at radius 1 is 1.23 bits per heavy atom. The van der Waals surface area contributed by atoms with E-state index < -0.39 is 40.4 Å². The number of aliphatic hydroxyl groups excluding tert-OH is 2. The van der Waals surface area contributed by atoms with Gasteiger partial charge in [0.2, 0.25) is 5.78 Å². The molecule has 0 radical (unpaired) electrons. The van der Waals surface area contributed by atoms with Gasteiger partial charge in [-0.15, -0.1) is 0 Å². The summed E-state index contributed by atoms with van der Waals surface area (Å²) in [6.07, 6.45) is -1.83. The molecule has 3 aliphatic rings. The van der Waals surface area contributed by atoms with Crippen molar-refractivity contribution in [1.82, 2.24) is 0 Å². The summed E-state index contributed by atoms with van der Waals surface area (Å²) in [5.74, 6) is -1.73. The Kier molecular flexibility index (Phi) is 3.35. The van der Waals surface area contributed by atoms with Gasteiger partial charge in [-0.3, -0.25) is 14.4 Å². The molecule has 0 bridgehead atoms. The number of carbonyl (C=O) groups is 3. The minimum Gasteiger partial charge on any atom is -0.515 e. The van der Waals surface area contributed by atoms with E-state index in [1.54, 1.807) is 6.07 Å². The third-order valence-corrected chi connectivity index (χ3v) is 6.26. The van der Waals surface area contributed by atoms with Gasteiger partial charge >= 0.3 is 0 Å². The van der Waals surface area contributed by atoms with E-state index in [9.17, 15) is 29.7 Å². The van der Waals surface area contributed by atoms with Crippen molar-refractivity contribution in [2.45, 2.75) is 43.0 Å². The lowest BCUT2D eigenvalue weighted by atomic mass is 9.59. The minimum atomic E-state index is -2.43. The second-order valence-electron chi connectivity index (χ2n) is 7.19. The van der Waals surface area contributed by atoms with Gasteiger partial charge < -0.3 is 20.1 Å². The number of rotatable bonds is 1. The number of ether oxygens (including phenoxy) is 1. The molecule has 1 aromatic rings. The second kappa shape index (κ2) is 5.09. The van der Waals surface area contributed by atoms with Crippen molar-refractivity contribution in [3.63, 3.8) is 0 Å². The van der Waals surface area contributed by atoms with Crippen LogP contribution in [0.2, 0.25) is 0 Å². The Hall–Kier alpha value is -2.35. The van der Waals surface area contributed by atoms with E-state index in [2.05, 4.69) is 0 Å². The second-order valence-corrected chi connectivity index (χ2v) is 7.19. The zero-order valence-corrected chi connectivity index (χ0v) is 14.3. The fourth-order valence-electron chi connectivity index (χ4n) is 4.79. The third-order valence-electron chi connectivity index (χ3n) is 6.26. The summed E-state index contributed by atoms with van der Waals surface area (Å²) in [4.78, 5) is 37.9. The Morgan fingerprint density at radius 2 is 1.92 bits per heavy atom. The highest BCUT2D eigenvalue weighted by molar-refractivity contribution is 6.21. The molecular formula is C19H18O7. The van der Waals surface area contributed by atoms with Crippen LogP contribution in [0.4, 0.5) is 0 Å². The lowest BCUT2D eigenvalue weighted by molar-refractivity contribution is -0.155. The van der Waals surface area contributed by atoms with E-state index in [0.717, 1.165) is 0 Å². The fraction of sp³-hybridized carbons (Fsp3) is 0.421. The predicted octanol–water partition coefficient (Wildman–Crippen LogP) is 0.401. The summed E-state index contributed by atoms with van der Waals surface area (Å²) in [5, 5.41) is 31.9. The molecule has 0 aromatic heterocycles. The summed E-state index contributed by atoms with van der Waals surface area (Å²) >= 11 is 0. The van der Waals surface area contributed by atoms with Crippen molar-refractivity contribution in [3.8, 4) is 0 Å². The van der Waals surface area contributed by atoms with E-state index in [0.29, 0.717) is 29.4 Å². The van der Waals surface area contributed by atoms with E-state index in [1.807, 2.05) is 0 Å². The number of fused-ring (bicyclic) bond motifs is 5. The first kappa shape index (κ1) is 17.1. The molecule has 0 heterocycles. The molecule has 7 heteroatoms. The van der Waals surface area contributed by atoms with Crippen LogP contribution in [0.5, 0.6) is 0 Å². The van der Waals surface area contributed by atoms with Crippen LogP contribution in [0.15, 0.2) is 24.0 Å². The average molecular weight is 358 g/mol. The van der Waals surface area contributed by atoms with E-state index in [4.69, 9.17) is 4.74 Å². The molecular weight excluding hydrogens is 340 g/mol. The first-order chi connectivity index (χ1) is 12.2. The van der Waals surface area contributed by atoms with Crippen molar-refractivity contribution >= 4 is 17.3 Å². The molecule has 1 aromatic carbocycles. The lowest BCUT2D eigenvalue weighted by Crippen LogP contribution is -2.68. The number of methoxy groups -OCH3 is 1. The van der Waals surface area contributed by atoms with Gasteiger partial charge in [0.05, 0.1) is 17.3 Å². The van der Waals surface area contributed by atoms with Gasteiger partial charge in [0, 0.05) is 24.7 Å². The summed E-state index contributed by atoms with van der Waals surface area (Å²) in [6, 6.07) is 3.12. The fourth-order valence-corrected chi connectivity index (χ4v) is 4.79. The molecule has 4 atom stereocenters. The van der Waals surface area contributed by atoms with Crippen LogP contribution < -0.4 is 0 Å². The standard InChI is InChI=1S/C19H18O7/c1-18-10-5-3-8-9(4-6-12(8)21)13(10)16(23)19(18,25)11(7-20)14(22)15(26-2)17(18)24/h3,5,7,15,17,20,24-25H,4,6H2,1-2H3/b11-7+/t15-,17-,18+,19-/m1/s1. The SMILES string of the molecule is CO[C@@H]1C(=O)/C(=C\O)[C@@]2(O)C(=O)c3c(ccc4c3CCC4=O)[C@@]2(C)[C@@H]1O. The van der Waals surface area contributed by atoms with Crippen molar-refractivity contribution in [1.29, 1.82) is 0 Å². The molecule has 3 N–H and O–H groups in total. The highest BCUT2D eigenvalue weighted by Crippen LogP contribution is 2.56. The van der Waals surface area contributed by atoms with Crippen molar-refractivity contribution in [2.24, 2.45) is 0 Å². The van der Waals surface area contributed by atoms with Gasteiger partial charge in [0.25, 0.3) is 0 Å². The molecule has 0 spiro atoms. The maximum Gasteiger partial charge on any atom is 0.200 e. The first-order valence-electron chi connectivity index (χ1n) is 8.31. The normalized spacial score (nSPS) is 37.1. The Balaban J connectivity index is 2.07. The molecule has 3 aliphatic carbocycles. The van der Waals surface area contributed by atoms with Gasteiger partial charge in [-0.05, 0) is 24.5 Å². The number of hydrogen-bond acceptors (Lipinski definition) is 7. The van der Waals surface area contributed by atoms with Gasteiger partial charge in [-0.2, -0.15) is 0 Å². The van der Waals surface area contributed by atoms with Crippen LogP contribution in [-0.4, -0.2) is 57.6 Å². The zero-order chi connectivity index (χ0) is 19.0. The highest BCUT2D eigenvalue weighted by atomic mass is 16.5. The van der Waals surface area contributed by atoms with Crippen LogP contribution >= 0.6 is 0 Å². The van der Waals surface area contributed by atoms with Crippen LogP contribution in [0.1, 0.15) is 45.2 Å². The van der Waals surface area contributed by atoms with Crippen LogP contribution in [0.25, 0.3) is 0 Å². The van der Waals surface area contributed by atoms with E-state index in [1.165, 1.54) is 20.1 Å². The molecule has 0 saturated heterocycles. The highest BCUT2D eigenvalue weighted by Gasteiger charge is 2.72.